The van der Waals surface area contributed by atoms with Crippen LogP contribution in [-0.2, 0) is 22.6 Å². The summed E-state index contributed by atoms with van der Waals surface area (Å²) in [4.78, 5) is 25.1. The second kappa shape index (κ2) is 9.92. The van der Waals surface area contributed by atoms with Gasteiger partial charge in [-0.1, -0.05) is 24.3 Å². The van der Waals surface area contributed by atoms with E-state index in [-0.39, 0.29) is 18.5 Å². The molecule has 7 nitrogen and oxygen atoms in total. The van der Waals surface area contributed by atoms with Crippen LogP contribution in [0.3, 0.4) is 0 Å². The van der Waals surface area contributed by atoms with Crippen LogP contribution in [0.5, 0.6) is 11.5 Å². The van der Waals surface area contributed by atoms with Crippen molar-refractivity contribution in [3.05, 3.63) is 82.7 Å². The van der Waals surface area contributed by atoms with Crippen LogP contribution in [0.25, 0.3) is 0 Å². The maximum Gasteiger partial charge on any atom is 0.338 e. The number of Topliss-reactive ketones (excluding diaryl/α,β-unsaturated/α-hetero) is 1. The number of benzene rings is 2. The predicted octanol–water partition coefficient (Wildman–Crippen LogP) is 4.13. The minimum atomic E-state index is -0.535. The molecule has 0 saturated heterocycles. The number of hydrogen-bond acceptors (Lipinski definition) is 6. The lowest BCUT2D eigenvalue weighted by Crippen LogP contribution is -2.33. The topological polar surface area (TPSA) is 76.0 Å². The zero-order valence-corrected chi connectivity index (χ0v) is 19.0. The Balaban J connectivity index is 1.38. The fourth-order valence-corrected chi connectivity index (χ4v) is 3.92. The van der Waals surface area contributed by atoms with Gasteiger partial charge >= 0.3 is 5.97 Å². The molecule has 0 aliphatic carbocycles. The molecule has 7 heteroatoms. The van der Waals surface area contributed by atoms with Crippen LogP contribution in [0.4, 0.5) is 0 Å². The normalized spacial score (nSPS) is 14.7. The van der Waals surface area contributed by atoms with Crippen LogP contribution >= 0.6 is 0 Å². The third-order valence-electron chi connectivity index (χ3n) is 5.66. The first-order valence-corrected chi connectivity index (χ1v) is 10.8. The van der Waals surface area contributed by atoms with Crippen LogP contribution in [0.15, 0.2) is 54.6 Å². The van der Waals surface area contributed by atoms with Crippen LogP contribution in [-0.4, -0.2) is 42.7 Å². The smallest absolute Gasteiger partial charge is 0.338 e. The molecule has 0 fully saturated rings. The Morgan fingerprint density at radius 3 is 2.52 bits per heavy atom. The van der Waals surface area contributed by atoms with Gasteiger partial charge < -0.3 is 23.5 Å². The number of fused-ring (bicyclic) bond motifs is 1. The van der Waals surface area contributed by atoms with E-state index < -0.39 is 5.97 Å². The van der Waals surface area contributed by atoms with Gasteiger partial charge in [0.1, 0.15) is 6.61 Å². The van der Waals surface area contributed by atoms with Crippen LogP contribution in [0.2, 0.25) is 0 Å². The monoisotopic (exact) mass is 449 g/mol. The minimum Gasteiger partial charge on any atom is -0.486 e. The molecule has 1 atom stereocenters. The molecule has 1 aliphatic rings. The molecular weight excluding hydrogens is 422 g/mol. The fraction of sp³-hybridized carbons (Fsp3) is 0.308. The van der Waals surface area contributed by atoms with E-state index in [1.807, 2.05) is 48.7 Å². The molecule has 0 spiro atoms. The number of hydrogen-bond donors (Lipinski definition) is 0. The van der Waals surface area contributed by atoms with E-state index in [1.165, 1.54) is 0 Å². The van der Waals surface area contributed by atoms with E-state index in [0.29, 0.717) is 30.9 Å². The number of carbonyl (C=O) groups is 2. The Morgan fingerprint density at radius 2 is 1.79 bits per heavy atom. The van der Waals surface area contributed by atoms with Crippen molar-refractivity contribution in [1.29, 1.82) is 0 Å². The summed E-state index contributed by atoms with van der Waals surface area (Å²) in [5.41, 5.74) is 3.61. The molecule has 2 heterocycles. The molecule has 1 aliphatic heterocycles. The van der Waals surface area contributed by atoms with Gasteiger partial charge in [0.15, 0.2) is 24.2 Å². The first-order chi connectivity index (χ1) is 16.0. The molecule has 4 rings (SSSR count). The molecule has 2 aromatic carbocycles. The van der Waals surface area contributed by atoms with Gasteiger partial charge in [-0.15, -0.1) is 0 Å². The molecular formula is C26H27NO6. The van der Waals surface area contributed by atoms with Gasteiger partial charge in [0.25, 0.3) is 0 Å². The number of aryl methyl sites for hydroxylation is 1. The number of para-hydroxylation sites is 2. The number of ether oxygens (including phenoxy) is 4. The molecule has 0 saturated carbocycles. The van der Waals surface area contributed by atoms with Gasteiger partial charge in [-0.3, -0.25) is 4.79 Å². The van der Waals surface area contributed by atoms with E-state index in [9.17, 15) is 9.59 Å². The van der Waals surface area contributed by atoms with E-state index in [4.69, 9.17) is 18.9 Å². The van der Waals surface area contributed by atoms with Crippen LogP contribution in [0, 0.1) is 13.8 Å². The summed E-state index contributed by atoms with van der Waals surface area (Å²) >= 11 is 0. The summed E-state index contributed by atoms with van der Waals surface area (Å²) in [6, 6.07) is 16.3. The lowest BCUT2D eigenvalue weighted by Gasteiger charge is -2.27. The molecule has 0 radical (unpaired) electrons. The Morgan fingerprint density at radius 1 is 1.06 bits per heavy atom. The molecule has 0 N–H and O–H groups in total. The highest BCUT2D eigenvalue weighted by atomic mass is 16.6. The van der Waals surface area contributed by atoms with Crippen molar-refractivity contribution in [2.24, 2.45) is 0 Å². The van der Waals surface area contributed by atoms with E-state index in [0.717, 1.165) is 28.5 Å². The SMILES string of the molecule is COCc1ccc(C(=O)OCC(=O)c2cc(C)n(CC3COc4ccccc4O3)c2C)cc1. The second-order valence-electron chi connectivity index (χ2n) is 8.02. The first kappa shape index (κ1) is 22.6. The van der Waals surface area contributed by atoms with Gasteiger partial charge in [0.05, 0.1) is 18.7 Å². The van der Waals surface area contributed by atoms with Gasteiger partial charge in [-0.25, -0.2) is 4.79 Å². The van der Waals surface area contributed by atoms with Crippen molar-refractivity contribution >= 4 is 11.8 Å². The molecule has 1 unspecified atom stereocenters. The van der Waals surface area contributed by atoms with Gasteiger partial charge in [-0.2, -0.15) is 0 Å². The van der Waals surface area contributed by atoms with Crippen molar-refractivity contribution in [2.75, 3.05) is 20.3 Å². The standard InChI is InChI=1S/C26H27NO6/c1-17-12-22(23(28)16-32-26(29)20-10-8-19(9-11-20)14-30-3)18(2)27(17)13-21-15-31-24-6-4-5-7-25(24)33-21/h4-12,21H,13-16H2,1-3H3. The van der Waals surface area contributed by atoms with Crippen LogP contribution < -0.4 is 9.47 Å². The quantitative estimate of drug-likeness (QED) is 0.380. The third kappa shape index (κ3) is 5.09. The number of ketones is 1. The van der Waals surface area contributed by atoms with Crippen molar-refractivity contribution in [1.82, 2.24) is 4.57 Å². The lowest BCUT2D eigenvalue weighted by atomic mass is 10.1. The Labute approximate surface area is 192 Å². The Kier molecular flexibility index (Phi) is 6.79. The third-order valence-corrected chi connectivity index (χ3v) is 5.66. The average molecular weight is 450 g/mol. The maximum atomic E-state index is 12.8. The van der Waals surface area contributed by atoms with Crippen LogP contribution in [0.1, 0.15) is 37.7 Å². The highest BCUT2D eigenvalue weighted by Crippen LogP contribution is 2.31. The largest absolute Gasteiger partial charge is 0.486 e. The van der Waals surface area contributed by atoms with Gasteiger partial charge in [0.2, 0.25) is 5.78 Å². The number of aromatic nitrogens is 1. The van der Waals surface area contributed by atoms with Crippen molar-refractivity contribution in [2.45, 2.75) is 33.1 Å². The number of rotatable bonds is 8. The van der Waals surface area contributed by atoms with E-state index >= 15 is 0 Å². The Bertz CT molecular complexity index is 1150. The summed E-state index contributed by atoms with van der Waals surface area (Å²) < 4.78 is 24.2. The van der Waals surface area contributed by atoms with Gasteiger partial charge in [-0.05, 0) is 49.7 Å². The lowest BCUT2D eigenvalue weighted by molar-refractivity contribution is 0.0474. The molecule has 0 bridgehead atoms. The average Bonchev–Trinajstić information content (AvgIpc) is 3.11. The zero-order valence-electron chi connectivity index (χ0n) is 19.0. The molecule has 0 amide bonds. The summed E-state index contributed by atoms with van der Waals surface area (Å²) in [6.07, 6.45) is -0.174. The zero-order chi connectivity index (χ0) is 23.4. The highest BCUT2D eigenvalue weighted by Gasteiger charge is 2.24. The number of carbonyl (C=O) groups excluding carboxylic acids is 2. The van der Waals surface area contributed by atoms with Crippen molar-refractivity contribution in [3.8, 4) is 11.5 Å². The Hall–Kier alpha value is -3.58. The second-order valence-corrected chi connectivity index (χ2v) is 8.02. The molecule has 3 aromatic rings. The summed E-state index contributed by atoms with van der Waals surface area (Å²) in [7, 11) is 1.61. The number of nitrogens with zero attached hydrogens (tertiary/aromatic N) is 1. The van der Waals surface area contributed by atoms with Crippen molar-refractivity contribution in [3.63, 3.8) is 0 Å². The molecule has 1 aromatic heterocycles. The molecule has 172 valence electrons. The predicted molar refractivity (Wildman–Crippen MR) is 122 cm³/mol. The number of methoxy groups -OCH3 is 1. The summed E-state index contributed by atoms with van der Waals surface area (Å²) in [6.45, 7) is 4.95. The minimum absolute atomic E-state index is 0.174. The van der Waals surface area contributed by atoms with E-state index in [2.05, 4.69) is 0 Å². The van der Waals surface area contributed by atoms with Gasteiger partial charge in [0, 0.05) is 24.1 Å². The summed E-state index contributed by atoms with van der Waals surface area (Å²) in [5, 5.41) is 0. The van der Waals surface area contributed by atoms with E-state index in [1.54, 1.807) is 31.4 Å². The maximum absolute atomic E-state index is 12.8. The van der Waals surface area contributed by atoms with Crippen molar-refractivity contribution < 1.29 is 28.5 Å². The number of esters is 1. The molecule has 33 heavy (non-hydrogen) atoms. The fourth-order valence-electron chi connectivity index (χ4n) is 3.92. The first-order valence-electron chi connectivity index (χ1n) is 10.8. The highest BCUT2D eigenvalue weighted by molar-refractivity contribution is 6.00. The summed E-state index contributed by atoms with van der Waals surface area (Å²) in [5.74, 6) is 0.674.